The fraction of sp³-hybridized carbons (Fsp3) is 0.500. The number of benzene rings is 1. The molecule has 0 radical (unpaired) electrons. The zero-order valence-electron chi connectivity index (χ0n) is 13.1. The van der Waals surface area contributed by atoms with E-state index in [0.29, 0.717) is 0 Å². The van der Waals surface area contributed by atoms with Gasteiger partial charge in [-0.15, -0.1) is 11.8 Å². The lowest BCUT2D eigenvalue weighted by atomic mass is 9.65. The van der Waals surface area contributed by atoms with Crippen molar-refractivity contribution < 1.29 is 9.53 Å². The average Bonchev–Trinajstić information content (AvgIpc) is 2.43. The van der Waals surface area contributed by atoms with Crippen molar-refractivity contribution in [2.45, 2.75) is 49.7 Å². The number of carbonyl (C=O) groups excluding carboxylic acids is 1. The molecule has 2 nitrogen and oxygen atoms in total. The third-order valence-electron chi connectivity index (χ3n) is 4.79. The van der Waals surface area contributed by atoms with Crippen LogP contribution in [0.2, 0.25) is 0 Å². The van der Waals surface area contributed by atoms with Crippen LogP contribution in [0.3, 0.4) is 0 Å². The molecule has 1 saturated carbocycles. The number of thioether (sulfide) groups is 1. The summed E-state index contributed by atoms with van der Waals surface area (Å²) in [4.78, 5) is 14.0. The van der Waals surface area contributed by atoms with Gasteiger partial charge in [-0.2, -0.15) is 0 Å². The summed E-state index contributed by atoms with van der Waals surface area (Å²) < 4.78 is 6.08. The molecule has 2 heterocycles. The normalized spacial score (nSPS) is 32.7. The Hall–Kier alpha value is -1.06. The average molecular weight is 302 g/mol. The van der Waals surface area contributed by atoms with Crippen molar-refractivity contribution in [2.75, 3.05) is 6.26 Å². The van der Waals surface area contributed by atoms with Gasteiger partial charge in [0.05, 0.1) is 5.60 Å². The lowest BCUT2D eigenvalue weighted by Crippen LogP contribution is -2.60. The molecule has 3 aliphatic rings. The van der Waals surface area contributed by atoms with Gasteiger partial charge in [-0.1, -0.05) is 12.1 Å². The Morgan fingerprint density at radius 3 is 2.48 bits per heavy atom. The molecule has 0 spiro atoms. The van der Waals surface area contributed by atoms with Gasteiger partial charge in [0.25, 0.3) is 0 Å². The molecule has 2 aliphatic heterocycles. The second-order valence-corrected chi connectivity index (χ2v) is 7.61. The Kier molecular flexibility index (Phi) is 3.53. The Bertz CT molecular complexity index is 600. The molecule has 0 unspecified atom stereocenters. The predicted molar refractivity (Wildman–Crippen MR) is 87.5 cm³/mol. The van der Waals surface area contributed by atoms with E-state index in [1.165, 1.54) is 4.90 Å². The van der Waals surface area contributed by atoms with Crippen molar-refractivity contribution in [3.63, 3.8) is 0 Å². The summed E-state index contributed by atoms with van der Waals surface area (Å²) >= 11 is 1.73. The number of carbonyl (C=O) groups is 1. The van der Waals surface area contributed by atoms with E-state index < -0.39 is 5.60 Å². The number of hydrogen-bond donors (Lipinski definition) is 0. The minimum Gasteiger partial charge on any atom is -0.361 e. The highest BCUT2D eigenvalue weighted by Crippen LogP contribution is 2.50. The molecule has 0 aromatic heterocycles. The Labute approximate surface area is 131 Å². The van der Waals surface area contributed by atoms with Crippen molar-refractivity contribution in [3.8, 4) is 0 Å². The van der Waals surface area contributed by atoms with Crippen LogP contribution in [-0.2, 0) is 9.53 Å². The van der Waals surface area contributed by atoms with Crippen LogP contribution in [0.15, 0.2) is 34.7 Å². The number of Topliss-reactive ketones (excluding diaryl/α,β-unsaturated/α-hetero) is 1. The monoisotopic (exact) mass is 302 g/mol. The van der Waals surface area contributed by atoms with Crippen molar-refractivity contribution in [1.29, 1.82) is 0 Å². The molecule has 2 atom stereocenters. The van der Waals surface area contributed by atoms with E-state index >= 15 is 0 Å². The molecule has 2 saturated heterocycles. The molecular weight excluding hydrogens is 280 g/mol. The van der Waals surface area contributed by atoms with Gasteiger partial charge < -0.3 is 4.74 Å². The first-order valence-electron chi connectivity index (χ1n) is 7.46. The highest BCUT2D eigenvalue weighted by atomic mass is 32.2. The number of rotatable bonds is 2. The van der Waals surface area contributed by atoms with Gasteiger partial charge in [-0.05, 0) is 63.6 Å². The van der Waals surface area contributed by atoms with E-state index in [2.05, 4.69) is 50.4 Å². The summed E-state index contributed by atoms with van der Waals surface area (Å²) in [5.74, 6) is 0.374. The van der Waals surface area contributed by atoms with E-state index in [-0.39, 0.29) is 17.3 Å². The van der Waals surface area contributed by atoms with Crippen LogP contribution in [0.5, 0.6) is 0 Å². The third-order valence-corrected chi connectivity index (χ3v) is 5.54. The second-order valence-electron chi connectivity index (χ2n) is 6.73. The second kappa shape index (κ2) is 4.99. The highest BCUT2D eigenvalue weighted by molar-refractivity contribution is 7.98. The van der Waals surface area contributed by atoms with Gasteiger partial charge in [0, 0.05) is 16.4 Å². The first-order valence-corrected chi connectivity index (χ1v) is 8.69. The molecule has 0 N–H and O–H groups in total. The quantitative estimate of drug-likeness (QED) is 0.600. The fourth-order valence-corrected chi connectivity index (χ4v) is 4.08. The number of ether oxygens (including phenoxy) is 1. The van der Waals surface area contributed by atoms with Crippen LogP contribution >= 0.6 is 11.8 Å². The molecule has 1 aliphatic carbocycles. The Balaban J connectivity index is 1.99. The fourth-order valence-electron chi connectivity index (χ4n) is 3.67. The van der Waals surface area contributed by atoms with E-state index in [1.807, 2.05) is 6.92 Å². The van der Waals surface area contributed by atoms with Crippen molar-refractivity contribution in [1.82, 2.24) is 0 Å². The lowest BCUT2D eigenvalue weighted by molar-refractivity contribution is -0.206. The first-order chi connectivity index (χ1) is 9.86. The zero-order valence-corrected chi connectivity index (χ0v) is 13.9. The van der Waals surface area contributed by atoms with Crippen LogP contribution in [-0.4, -0.2) is 23.2 Å². The van der Waals surface area contributed by atoms with Crippen LogP contribution in [0.4, 0.5) is 0 Å². The molecule has 0 amide bonds. The zero-order chi connectivity index (χ0) is 15.3. The molecule has 21 heavy (non-hydrogen) atoms. The van der Waals surface area contributed by atoms with Gasteiger partial charge in [0.15, 0.2) is 5.78 Å². The Morgan fingerprint density at radius 2 is 1.90 bits per heavy atom. The molecule has 112 valence electrons. The minimum atomic E-state index is -0.636. The van der Waals surface area contributed by atoms with Crippen LogP contribution < -0.4 is 0 Å². The number of ketones is 1. The van der Waals surface area contributed by atoms with E-state index in [4.69, 9.17) is 4.74 Å². The van der Waals surface area contributed by atoms with Crippen molar-refractivity contribution in [2.24, 2.45) is 5.92 Å². The van der Waals surface area contributed by atoms with E-state index in [0.717, 1.165) is 24.0 Å². The largest absolute Gasteiger partial charge is 0.361 e. The summed E-state index contributed by atoms with van der Waals surface area (Å²) in [5, 5.41) is 0. The van der Waals surface area contributed by atoms with Crippen LogP contribution in [0.1, 0.15) is 39.2 Å². The number of fused-ring (bicyclic) bond motifs is 3. The predicted octanol–water partition coefficient (Wildman–Crippen LogP) is 4.34. The lowest BCUT2D eigenvalue weighted by Gasteiger charge is -2.53. The molecule has 1 aromatic rings. The maximum atomic E-state index is 12.7. The van der Waals surface area contributed by atoms with E-state index in [9.17, 15) is 4.79 Å². The smallest absolute Gasteiger partial charge is 0.190 e. The summed E-state index contributed by atoms with van der Waals surface area (Å²) in [5.41, 5.74) is 1.15. The standard InChI is InChI=1S/C18H22O2S/c1-17(2)15-9-10-18(3,20-17)16(19)14(15)11-12-5-7-13(21-4)8-6-12/h5-8,11,15H,9-10H2,1-4H3/b14-11-/t15-,18+/m1/s1. The SMILES string of the molecule is CSc1ccc(/C=C2\C(=O)[C@]3(C)CC[C@H]2C(C)(C)O3)cc1. The van der Waals surface area contributed by atoms with Gasteiger partial charge in [-0.25, -0.2) is 0 Å². The van der Waals surface area contributed by atoms with Crippen LogP contribution in [0, 0.1) is 5.92 Å². The Morgan fingerprint density at radius 1 is 1.24 bits per heavy atom. The molecule has 1 aromatic carbocycles. The minimum absolute atomic E-state index is 0.173. The third kappa shape index (κ3) is 2.47. The van der Waals surface area contributed by atoms with Crippen molar-refractivity contribution in [3.05, 3.63) is 35.4 Å². The van der Waals surface area contributed by atoms with Crippen molar-refractivity contribution >= 4 is 23.6 Å². The molecular formula is C18H22O2S. The summed E-state index contributed by atoms with van der Waals surface area (Å²) in [7, 11) is 0. The molecule has 2 bridgehead atoms. The maximum absolute atomic E-state index is 12.7. The maximum Gasteiger partial charge on any atom is 0.190 e. The van der Waals surface area contributed by atoms with E-state index in [1.54, 1.807) is 11.8 Å². The molecule has 3 heteroatoms. The topological polar surface area (TPSA) is 26.3 Å². The van der Waals surface area contributed by atoms with Gasteiger partial charge in [-0.3, -0.25) is 4.79 Å². The highest BCUT2D eigenvalue weighted by Gasteiger charge is 2.56. The summed E-state index contributed by atoms with van der Waals surface area (Å²) in [6.07, 6.45) is 6.00. The van der Waals surface area contributed by atoms with Gasteiger partial charge >= 0.3 is 0 Å². The summed E-state index contributed by atoms with van der Waals surface area (Å²) in [6.45, 7) is 6.15. The number of hydrogen-bond acceptors (Lipinski definition) is 3. The molecule has 3 fully saturated rings. The summed E-state index contributed by atoms with van der Waals surface area (Å²) in [6, 6.07) is 8.38. The van der Waals surface area contributed by atoms with Gasteiger partial charge in [0.1, 0.15) is 5.60 Å². The van der Waals surface area contributed by atoms with Gasteiger partial charge in [0.2, 0.25) is 0 Å². The van der Waals surface area contributed by atoms with Crippen LogP contribution in [0.25, 0.3) is 6.08 Å². The first kappa shape index (κ1) is 14.9. The molecule has 4 rings (SSSR count).